The van der Waals surface area contributed by atoms with Gasteiger partial charge >= 0.3 is 0 Å². The Balaban J connectivity index is 1.82. The average molecular weight is 436 g/mol. The highest BCUT2D eigenvalue weighted by Gasteiger charge is 2.13. The molecule has 0 saturated carbocycles. The van der Waals surface area contributed by atoms with Crippen LogP contribution in [-0.4, -0.2) is 63.6 Å². The number of nitrogens with one attached hydrogen (secondary N) is 2. The number of benzene rings is 1. The summed E-state index contributed by atoms with van der Waals surface area (Å²) in [6.45, 7) is 2.06. The minimum absolute atomic E-state index is 0.217. The Morgan fingerprint density at radius 1 is 1.20 bits per heavy atom. The van der Waals surface area contributed by atoms with Crippen molar-refractivity contribution in [1.82, 2.24) is 10.3 Å². The Morgan fingerprint density at radius 3 is 2.70 bits per heavy atom. The topological polar surface area (TPSA) is 139 Å². The van der Waals surface area contributed by atoms with Crippen molar-refractivity contribution in [2.45, 2.75) is 11.3 Å². The normalized spacial score (nSPS) is 11.5. The maximum Gasteiger partial charge on any atom is 0.295 e. The molecule has 0 atom stereocenters. The lowest BCUT2D eigenvalue weighted by Gasteiger charge is -2.06. The fraction of sp³-hybridized carbons (Fsp3) is 0.316. The minimum Gasteiger partial charge on any atom is -0.382 e. The van der Waals surface area contributed by atoms with Crippen LogP contribution < -0.4 is 10.7 Å². The van der Waals surface area contributed by atoms with Gasteiger partial charge in [0.15, 0.2) is 0 Å². The second kappa shape index (κ2) is 12.0. The monoisotopic (exact) mass is 436 g/mol. The molecule has 10 nitrogen and oxygen atoms in total. The SMILES string of the molecule is COCCOCCCNC(=O)c1ccc(N/N=C/c2ccccc2S(=O)(=O)O)nc1. The predicted octanol–water partition coefficient (Wildman–Crippen LogP) is 1.56. The van der Waals surface area contributed by atoms with Crippen molar-refractivity contribution in [3.05, 3.63) is 53.7 Å². The Hall–Kier alpha value is -2.86. The second-order valence-corrected chi connectivity index (χ2v) is 7.42. The van der Waals surface area contributed by atoms with Crippen LogP contribution in [0.4, 0.5) is 5.82 Å². The number of amides is 1. The molecule has 0 saturated heterocycles. The lowest BCUT2D eigenvalue weighted by atomic mass is 10.2. The molecule has 0 bridgehead atoms. The molecule has 1 amide bonds. The van der Waals surface area contributed by atoms with Crippen LogP contribution in [0.3, 0.4) is 0 Å². The second-order valence-electron chi connectivity index (χ2n) is 6.03. The van der Waals surface area contributed by atoms with Crippen molar-refractivity contribution in [2.24, 2.45) is 5.10 Å². The number of hydrazone groups is 1. The Labute approximate surface area is 175 Å². The number of nitrogens with zero attached hydrogens (tertiary/aromatic N) is 2. The van der Waals surface area contributed by atoms with Gasteiger partial charge in [-0.2, -0.15) is 13.5 Å². The van der Waals surface area contributed by atoms with Gasteiger partial charge in [0.2, 0.25) is 0 Å². The molecule has 2 rings (SSSR count). The molecule has 2 aromatic rings. The fourth-order valence-electron chi connectivity index (χ4n) is 2.31. The first kappa shape index (κ1) is 23.4. The third kappa shape index (κ3) is 7.87. The summed E-state index contributed by atoms with van der Waals surface area (Å²) in [5.41, 5.74) is 3.25. The highest BCUT2D eigenvalue weighted by atomic mass is 32.2. The number of ether oxygens (including phenoxy) is 2. The third-order valence-corrected chi connectivity index (χ3v) is 4.72. The number of anilines is 1. The van der Waals surface area contributed by atoms with E-state index in [1.165, 1.54) is 30.6 Å². The summed E-state index contributed by atoms with van der Waals surface area (Å²) in [7, 11) is -2.75. The third-order valence-electron chi connectivity index (χ3n) is 3.79. The van der Waals surface area contributed by atoms with Gasteiger partial charge in [0, 0.05) is 32.0 Å². The molecule has 0 aliphatic carbocycles. The summed E-state index contributed by atoms with van der Waals surface area (Å²) in [6, 6.07) is 9.03. The summed E-state index contributed by atoms with van der Waals surface area (Å²) in [5, 5.41) is 6.69. The van der Waals surface area contributed by atoms with Crippen LogP contribution in [0.5, 0.6) is 0 Å². The molecule has 0 radical (unpaired) electrons. The smallest absolute Gasteiger partial charge is 0.295 e. The van der Waals surface area contributed by atoms with Crippen LogP contribution in [0, 0.1) is 0 Å². The minimum atomic E-state index is -4.35. The first-order valence-electron chi connectivity index (χ1n) is 9.08. The van der Waals surface area contributed by atoms with Crippen molar-refractivity contribution >= 4 is 28.1 Å². The molecule has 30 heavy (non-hydrogen) atoms. The van der Waals surface area contributed by atoms with Crippen LogP contribution in [0.1, 0.15) is 22.3 Å². The van der Waals surface area contributed by atoms with Crippen molar-refractivity contribution < 1.29 is 27.2 Å². The first-order valence-corrected chi connectivity index (χ1v) is 10.5. The highest BCUT2D eigenvalue weighted by molar-refractivity contribution is 7.86. The maximum atomic E-state index is 12.1. The Morgan fingerprint density at radius 2 is 2.00 bits per heavy atom. The van der Waals surface area contributed by atoms with Gasteiger partial charge in [-0.25, -0.2) is 4.98 Å². The number of pyridine rings is 1. The first-order chi connectivity index (χ1) is 14.4. The number of carbonyl (C=O) groups is 1. The zero-order valence-corrected chi connectivity index (χ0v) is 17.3. The lowest BCUT2D eigenvalue weighted by molar-refractivity contribution is 0.0688. The van der Waals surface area contributed by atoms with Crippen LogP contribution in [0.15, 0.2) is 52.6 Å². The van der Waals surface area contributed by atoms with Crippen LogP contribution >= 0.6 is 0 Å². The van der Waals surface area contributed by atoms with Crippen LogP contribution in [0.25, 0.3) is 0 Å². The number of hydrogen-bond donors (Lipinski definition) is 3. The van der Waals surface area contributed by atoms with E-state index in [0.29, 0.717) is 44.2 Å². The fourth-order valence-corrected chi connectivity index (χ4v) is 2.98. The van der Waals surface area contributed by atoms with E-state index in [2.05, 4.69) is 20.8 Å². The lowest BCUT2D eigenvalue weighted by Crippen LogP contribution is -2.25. The molecule has 1 aromatic carbocycles. The molecule has 3 N–H and O–H groups in total. The van der Waals surface area contributed by atoms with E-state index in [0.717, 1.165) is 0 Å². The molecule has 0 unspecified atom stereocenters. The van der Waals surface area contributed by atoms with Gasteiger partial charge in [0.25, 0.3) is 16.0 Å². The molecule has 11 heteroatoms. The van der Waals surface area contributed by atoms with Crippen molar-refractivity contribution in [3.63, 3.8) is 0 Å². The van der Waals surface area contributed by atoms with E-state index in [1.807, 2.05) is 0 Å². The number of methoxy groups -OCH3 is 1. The van der Waals surface area contributed by atoms with E-state index >= 15 is 0 Å². The molecule has 0 spiro atoms. The van der Waals surface area contributed by atoms with Gasteiger partial charge in [-0.3, -0.25) is 14.8 Å². The zero-order chi connectivity index (χ0) is 21.8. The maximum absolute atomic E-state index is 12.1. The van der Waals surface area contributed by atoms with Crippen molar-refractivity contribution in [2.75, 3.05) is 38.9 Å². The van der Waals surface area contributed by atoms with Gasteiger partial charge in [-0.15, -0.1) is 0 Å². The molecule has 0 aliphatic rings. The van der Waals surface area contributed by atoms with Gasteiger partial charge in [-0.1, -0.05) is 18.2 Å². The molecule has 0 fully saturated rings. The Kier molecular flexibility index (Phi) is 9.35. The Bertz CT molecular complexity index is 948. The van der Waals surface area contributed by atoms with Crippen LogP contribution in [0.2, 0.25) is 0 Å². The van der Waals surface area contributed by atoms with Crippen LogP contribution in [-0.2, 0) is 19.6 Å². The van der Waals surface area contributed by atoms with Gasteiger partial charge in [0.05, 0.1) is 25.0 Å². The summed E-state index contributed by atoms with van der Waals surface area (Å²) in [4.78, 5) is 15.9. The van der Waals surface area contributed by atoms with E-state index in [-0.39, 0.29) is 16.4 Å². The number of hydrogen-bond acceptors (Lipinski definition) is 8. The van der Waals surface area contributed by atoms with Gasteiger partial charge in [-0.05, 0) is 24.6 Å². The molecule has 0 aliphatic heterocycles. The van der Waals surface area contributed by atoms with E-state index < -0.39 is 10.1 Å². The number of aromatic nitrogens is 1. The summed E-state index contributed by atoms with van der Waals surface area (Å²) in [6.07, 6.45) is 3.33. The molecule has 162 valence electrons. The summed E-state index contributed by atoms with van der Waals surface area (Å²) in [5.74, 6) is 0.107. The quantitative estimate of drug-likeness (QED) is 0.197. The standard InChI is InChI=1S/C19H24N4O6S/c1-28-11-12-29-10-4-9-20-19(24)16-7-8-18(21-13-16)23-22-14-15-5-2-3-6-17(15)30(25,26)27/h2-3,5-8,13-14H,4,9-12H2,1H3,(H,20,24)(H,21,23)(H,25,26,27)/b22-14+. The van der Waals surface area contributed by atoms with E-state index in [4.69, 9.17) is 9.47 Å². The molecule has 1 heterocycles. The van der Waals surface area contributed by atoms with Crippen molar-refractivity contribution in [1.29, 1.82) is 0 Å². The molecular weight excluding hydrogens is 412 g/mol. The van der Waals surface area contributed by atoms with Crippen molar-refractivity contribution in [3.8, 4) is 0 Å². The predicted molar refractivity (Wildman–Crippen MR) is 111 cm³/mol. The highest BCUT2D eigenvalue weighted by Crippen LogP contribution is 2.13. The van der Waals surface area contributed by atoms with E-state index in [9.17, 15) is 17.8 Å². The zero-order valence-electron chi connectivity index (χ0n) is 16.4. The van der Waals surface area contributed by atoms with Gasteiger partial charge < -0.3 is 14.8 Å². The summed E-state index contributed by atoms with van der Waals surface area (Å²) >= 11 is 0. The van der Waals surface area contributed by atoms with Gasteiger partial charge in [0.1, 0.15) is 10.7 Å². The number of rotatable bonds is 12. The largest absolute Gasteiger partial charge is 0.382 e. The molecular formula is C19H24N4O6S. The number of carbonyl (C=O) groups excluding carboxylic acids is 1. The summed E-state index contributed by atoms with van der Waals surface area (Å²) < 4.78 is 42.1. The van der Waals surface area contributed by atoms with E-state index in [1.54, 1.807) is 25.3 Å². The average Bonchev–Trinajstić information content (AvgIpc) is 2.73. The molecule has 1 aromatic heterocycles.